The SMILES string of the molecule is NCC(=O)N(Cc1ccc(F)cc1)c1cccc(F)c1. The lowest BCUT2D eigenvalue weighted by Crippen LogP contribution is -2.35. The molecule has 0 aliphatic carbocycles. The molecule has 0 spiro atoms. The lowest BCUT2D eigenvalue weighted by atomic mass is 10.2. The van der Waals surface area contributed by atoms with Gasteiger partial charge in [-0.15, -0.1) is 0 Å². The van der Waals surface area contributed by atoms with E-state index in [1.54, 1.807) is 18.2 Å². The maximum Gasteiger partial charge on any atom is 0.241 e. The van der Waals surface area contributed by atoms with Gasteiger partial charge in [0, 0.05) is 5.69 Å². The average Bonchev–Trinajstić information content (AvgIpc) is 2.46. The fourth-order valence-corrected chi connectivity index (χ4v) is 1.85. The van der Waals surface area contributed by atoms with E-state index in [2.05, 4.69) is 0 Å². The number of nitrogens with zero attached hydrogens (tertiary/aromatic N) is 1. The lowest BCUT2D eigenvalue weighted by Gasteiger charge is -2.22. The number of amides is 1. The Bertz CT molecular complexity index is 599. The van der Waals surface area contributed by atoms with Crippen LogP contribution in [0.1, 0.15) is 5.56 Å². The topological polar surface area (TPSA) is 46.3 Å². The van der Waals surface area contributed by atoms with Gasteiger partial charge in [-0.3, -0.25) is 4.79 Å². The molecule has 20 heavy (non-hydrogen) atoms. The maximum atomic E-state index is 13.3. The summed E-state index contributed by atoms with van der Waals surface area (Å²) >= 11 is 0. The average molecular weight is 276 g/mol. The molecule has 0 aliphatic heterocycles. The minimum Gasteiger partial charge on any atom is -0.322 e. The Labute approximate surface area is 115 Å². The second kappa shape index (κ2) is 6.25. The van der Waals surface area contributed by atoms with Crippen LogP contribution in [0.5, 0.6) is 0 Å². The van der Waals surface area contributed by atoms with Gasteiger partial charge in [-0.25, -0.2) is 8.78 Å². The van der Waals surface area contributed by atoms with E-state index >= 15 is 0 Å². The van der Waals surface area contributed by atoms with Crippen molar-refractivity contribution in [3.63, 3.8) is 0 Å². The molecule has 0 unspecified atom stereocenters. The Morgan fingerprint density at radius 1 is 1.05 bits per heavy atom. The highest BCUT2D eigenvalue weighted by Gasteiger charge is 2.15. The fourth-order valence-electron chi connectivity index (χ4n) is 1.85. The summed E-state index contributed by atoms with van der Waals surface area (Å²) in [5, 5.41) is 0. The number of benzene rings is 2. The van der Waals surface area contributed by atoms with Crippen molar-refractivity contribution in [2.75, 3.05) is 11.4 Å². The van der Waals surface area contributed by atoms with Crippen LogP contribution in [0.2, 0.25) is 0 Å². The minimum atomic E-state index is -0.434. The zero-order chi connectivity index (χ0) is 14.5. The van der Waals surface area contributed by atoms with Crippen LogP contribution in [0.15, 0.2) is 48.5 Å². The number of nitrogens with two attached hydrogens (primary N) is 1. The van der Waals surface area contributed by atoms with Gasteiger partial charge >= 0.3 is 0 Å². The molecule has 0 saturated carbocycles. The van der Waals surface area contributed by atoms with Crippen LogP contribution >= 0.6 is 0 Å². The largest absolute Gasteiger partial charge is 0.322 e. The van der Waals surface area contributed by atoms with Gasteiger partial charge in [-0.05, 0) is 35.9 Å². The number of rotatable bonds is 4. The molecule has 0 saturated heterocycles. The van der Waals surface area contributed by atoms with E-state index in [0.29, 0.717) is 5.69 Å². The van der Waals surface area contributed by atoms with E-state index < -0.39 is 5.82 Å². The molecule has 0 radical (unpaired) electrons. The summed E-state index contributed by atoms with van der Waals surface area (Å²) in [6, 6.07) is 11.5. The standard InChI is InChI=1S/C15H14F2N2O/c16-12-6-4-11(5-7-12)10-19(15(20)9-18)14-3-1-2-13(17)8-14/h1-8H,9-10,18H2. The molecule has 0 fully saturated rings. The zero-order valence-electron chi connectivity index (χ0n) is 10.7. The third-order valence-electron chi connectivity index (χ3n) is 2.85. The Balaban J connectivity index is 2.28. The molecule has 0 bridgehead atoms. The molecular weight excluding hydrogens is 262 g/mol. The second-order valence-corrected chi connectivity index (χ2v) is 4.29. The molecule has 2 rings (SSSR count). The van der Waals surface area contributed by atoms with Gasteiger partial charge < -0.3 is 10.6 Å². The van der Waals surface area contributed by atoms with Gasteiger partial charge in [-0.1, -0.05) is 18.2 Å². The van der Waals surface area contributed by atoms with Crippen LogP contribution in [-0.4, -0.2) is 12.5 Å². The number of hydrogen-bond donors (Lipinski definition) is 1. The lowest BCUT2D eigenvalue weighted by molar-refractivity contribution is -0.117. The predicted octanol–water partition coefficient (Wildman–Crippen LogP) is 2.46. The quantitative estimate of drug-likeness (QED) is 0.932. The van der Waals surface area contributed by atoms with Crippen molar-refractivity contribution in [1.29, 1.82) is 0 Å². The first-order chi connectivity index (χ1) is 9.60. The summed E-state index contributed by atoms with van der Waals surface area (Å²) in [5.41, 5.74) is 6.54. The highest BCUT2D eigenvalue weighted by atomic mass is 19.1. The van der Waals surface area contributed by atoms with Crippen molar-refractivity contribution in [2.24, 2.45) is 5.73 Å². The van der Waals surface area contributed by atoms with E-state index in [1.807, 2.05) is 0 Å². The van der Waals surface area contributed by atoms with Gasteiger partial charge in [0.1, 0.15) is 11.6 Å². The van der Waals surface area contributed by atoms with Crippen molar-refractivity contribution in [3.05, 3.63) is 65.7 Å². The number of hydrogen-bond acceptors (Lipinski definition) is 2. The molecule has 1 amide bonds. The van der Waals surface area contributed by atoms with E-state index in [-0.39, 0.29) is 24.8 Å². The first kappa shape index (κ1) is 14.1. The first-order valence-corrected chi connectivity index (χ1v) is 6.10. The van der Waals surface area contributed by atoms with Gasteiger partial charge in [0.05, 0.1) is 13.1 Å². The van der Waals surface area contributed by atoms with E-state index in [4.69, 9.17) is 5.73 Å². The van der Waals surface area contributed by atoms with Crippen molar-refractivity contribution in [2.45, 2.75) is 6.54 Å². The summed E-state index contributed by atoms with van der Waals surface area (Å²) < 4.78 is 26.1. The second-order valence-electron chi connectivity index (χ2n) is 4.29. The van der Waals surface area contributed by atoms with Crippen LogP contribution in [-0.2, 0) is 11.3 Å². The van der Waals surface area contributed by atoms with E-state index in [1.165, 1.54) is 35.2 Å². The van der Waals surface area contributed by atoms with Crippen molar-refractivity contribution >= 4 is 11.6 Å². The molecule has 0 heterocycles. The maximum absolute atomic E-state index is 13.3. The Kier molecular flexibility index (Phi) is 4.42. The summed E-state index contributed by atoms with van der Waals surface area (Å²) in [4.78, 5) is 13.3. The van der Waals surface area contributed by atoms with Crippen molar-refractivity contribution in [1.82, 2.24) is 0 Å². The third-order valence-corrected chi connectivity index (χ3v) is 2.85. The number of anilines is 1. The fraction of sp³-hybridized carbons (Fsp3) is 0.133. The minimum absolute atomic E-state index is 0.183. The molecule has 3 nitrogen and oxygen atoms in total. The normalized spacial score (nSPS) is 10.3. The summed E-state index contributed by atoms with van der Waals surface area (Å²) in [6.07, 6.45) is 0. The van der Waals surface area contributed by atoms with Gasteiger partial charge in [-0.2, -0.15) is 0 Å². The van der Waals surface area contributed by atoms with Crippen LogP contribution in [0.25, 0.3) is 0 Å². The van der Waals surface area contributed by atoms with E-state index in [9.17, 15) is 13.6 Å². The molecular formula is C15H14F2N2O. The van der Waals surface area contributed by atoms with Crippen LogP contribution in [0.4, 0.5) is 14.5 Å². The van der Waals surface area contributed by atoms with Gasteiger partial charge in [0.15, 0.2) is 0 Å². The molecule has 0 atom stereocenters. The molecule has 104 valence electrons. The van der Waals surface area contributed by atoms with Gasteiger partial charge in [0.2, 0.25) is 5.91 Å². The summed E-state index contributed by atoms with van der Waals surface area (Å²) in [5.74, 6) is -1.12. The smallest absolute Gasteiger partial charge is 0.241 e. The third kappa shape index (κ3) is 3.39. The van der Waals surface area contributed by atoms with Crippen molar-refractivity contribution in [3.8, 4) is 0 Å². The molecule has 0 aliphatic rings. The van der Waals surface area contributed by atoms with Crippen LogP contribution in [0, 0.1) is 11.6 Å². The van der Waals surface area contributed by atoms with Crippen LogP contribution in [0.3, 0.4) is 0 Å². The van der Waals surface area contributed by atoms with Gasteiger partial charge in [0.25, 0.3) is 0 Å². The molecule has 2 aromatic carbocycles. The summed E-state index contributed by atoms with van der Waals surface area (Å²) in [7, 11) is 0. The number of halogens is 2. The Hall–Kier alpha value is -2.27. The highest BCUT2D eigenvalue weighted by Crippen LogP contribution is 2.18. The molecule has 0 aromatic heterocycles. The first-order valence-electron chi connectivity index (χ1n) is 6.10. The Morgan fingerprint density at radius 3 is 2.35 bits per heavy atom. The Morgan fingerprint density at radius 2 is 1.75 bits per heavy atom. The summed E-state index contributed by atoms with van der Waals surface area (Å²) in [6.45, 7) is 0.0253. The van der Waals surface area contributed by atoms with Crippen LogP contribution < -0.4 is 10.6 Å². The van der Waals surface area contributed by atoms with Crippen molar-refractivity contribution < 1.29 is 13.6 Å². The van der Waals surface area contributed by atoms with E-state index in [0.717, 1.165) is 5.56 Å². The monoisotopic (exact) mass is 276 g/mol. The molecule has 5 heteroatoms. The zero-order valence-corrected chi connectivity index (χ0v) is 10.7. The molecule has 2 N–H and O–H groups in total. The molecule has 2 aromatic rings. The predicted molar refractivity (Wildman–Crippen MR) is 73.0 cm³/mol. The highest BCUT2D eigenvalue weighted by molar-refractivity contribution is 5.94. The number of carbonyl (C=O) groups is 1. The number of carbonyl (C=O) groups excluding carboxylic acids is 1.